The molecule has 3 atom stereocenters. The van der Waals surface area contributed by atoms with Crippen molar-refractivity contribution in [1.82, 2.24) is 15.3 Å². The van der Waals surface area contributed by atoms with Crippen LogP contribution in [0.2, 0.25) is 0 Å². The molecule has 152 valence electrons. The van der Waals surface area contributed by atoms with Crippen LogP contribution in [0.15, 0.2) is 59.4 Å². The summed E-state index contributed by atoms with van der Waals surface area (Å²) in [5.41, 5.74) is 1.77. The number of carbonyl (C=O) groups is 1. The van der Waals surface area contributed by atoms with Gasteiger partial charge in [-0.25, -0.2) is 4.98 Å². The minimum absolute atomic E-state index is 0.165. The molecule has 0 saturated heterocycles. The van der Waals surface area contributed by atoms with Crippen molar-refractivity contribution in [2.75, 3.05) is 6.54 Å². The summed E-state index contributed by atoms with van der Waals surface area (Å²) < 4.78 is 11.2. The largest absolute Gasteiger partial charge is 0.484 e. The van der Waals surface area contributed by atoms with E-state index in [1.807, 2.05) is 30.3 Å². The second kappa shape index (κ2) is 6.69. The summed E-state index contributed by atoms with van der Waals surface area (Å²) in [6.45, 7) is 0.870. The number of allylic oxidation sites excluding steroid dienone is 2. The van der Waals surface area contributed by atoms with Gasteiger partial charge in [0, 0.05) is 18.1 Å². The lowest BCUT2D eigenvalue weighted by atomic mass is 9.89. The van der Waals surface area contributed by atoms with Gasteiger partial charge in [-0.2, -0.15) is 0 Å². The normalized spacial score (nSPS) is 25.1. The van der Waals surface area contributed by atoms with Gasteiger partial charge < -0.3 is 14.5 Å². The van der Waals surface area contributed by atoms with Crippen molar-refractivity contribution in [3.05, 3.63) is 66.5 Å². The molecule has 1 aromatic carbocycles. The molecular formula is C24H23N3O3. The number of fused-ring (bicyclic) bond motifs is 1. The molecule has 3 aliphatic rings. The molecule has 2 heterocycles. The van der Waals surface area contributed by atoms with E-state index in [1.165, 1.54) is 25.5 Å². The van der Waals surface area contributed by atoms with E-state index >= 15 is 0 Å². The second-order valence-electron chi connectivity index (χ2n) is 8.73. The summed E-state index contributed by atoms with van der Waals surface area (Å²) in [4.78, 5) is 21.1. The number of nitrogens with zero attached hydrogens (tertiary/aromatic N) is 2. The third-order valence-electron chi connectivity index (χ3n) is 7.09. The highest BCUT2D eigenvalue weighted by Gasteiger charge is 2.62. The maximum absolute atomic E-state index is 12.5. The quantitative estimate of drug-likeness (QED) is 0.629. The van der Waals surface area contributed by atoms with Crippen molar-refractivity contribution >= 4 is 16.8 Å². The Bertz CT molecular complexity index is 1150. The first-order valence-corrected chi connectivity index (χ1v) is 10.6. The average Bonchev–Trinajstić information content (AvgIpc) is 3.19. The van der Waals surface area contributed by atoms with E-state index in [1.54, 1.807) is 6.20 Å². The third kappa shape index (κ3) is 2.90. The van der Waals surface area contributed by atoms with Crippen LogP contribution in [0.4, 0.5) is 0 Å². The summed E-state index contributed by atoms with van der Waals surface area (Å²) in [7, 11) is 0. The van der Waals surface area contributed by atoms with Crippen LogP contribution in [-0.4, -0.2) is 22.4 Å². The molecule has 2 fully saturated rings. The zero-order valence-corrected chi connectivity index (χ0v) is 16.6. The lowest BCUT2D eigenvalue weighted by Gasteiger charge is -2.19. The van der Waals surface area contributed by atoms with Gasteiger partial charge in [0.2, 0.25) is 5.89 Å². The summed E-state index contributed by atoms with van der Waals surface area (Å²) in [5.74, 6) is 2.82. The average molecular weight is 401 g/mol. The van der Waals surface area contributed by atoms with Gasteiger partial charge in [0.05, 0.1) is 5.52 Å². The van der Waals surface area contributed by atoms with E-state index in [4.69, 9.17) is 9.15 Å². The van der Waals surface area contributed by atoms with E-state index in [-0.39, 0.29) is 12.5 Å². The van der Waals surface area contributed by atoms with Crippen LogP contribution in [-0.2, 0) is 6.61 Å². The van der Waals surface area contributed by atoms with Gasteiger partial charge in [0.1, 0.15) is 12.0 Å². The van der Waals surface area contributed by atoms with Crippen LogP contribution < -0.4 is 10.1 Å². The predicted octanol–water partition coefficient (Wildman–Crippen LogP) is 4.13. The molecule has 2 bridgehead atoms. The summed E-state index contributed by atoms with van der Waals surface area (Å²) in [6.07, 6.45) is 11.8. The molecule has 2 saturated carbocycles. The Balaban J connectivity index is 1.05. The highest BCUT2D eigenvalue weighted by Crippen LogP contribution is 2.69. The zero-order chi connectivity index (χ0) is 20.1. The standard InChI is InChI=1S/C24H23N3O3/c28-23(26-12-16-10-17-3-5-19(16)24(17)7-8-24)21-13-30-22(27-21)14-29-18-4-6-20-15(11-18)2-1-9-25-20/h1-6,9,11,13,16-17,19H,7-8,10,12,14H2,(H,26,28)/t16-,17-,19-/m0/s1. The number of amides is 1. The van der Waals surface area contributed by atoms with E-state index in [2.05, 4.69) is 27.4 Å². The molecule has 30 heavy (non-hydrogen) atoms. The first kappa shape index (κ1) is 17.7. The number of ether oxygens (including phenoxy) is 1. The van der Waals surface area contributed by atoms with E-state index in [0.29, 0.717) is 41.1 Å². The number of hydrogen-bond acceptors (Lipinski definition) is 5. The third-order valence-corrected chi connectivity index (χ3v) is 7.09. The fourth-order valence-corrected chi connectivity index (χ4v) is 5.44. The number of rotatable bonds is 6. The molecular weight excluding hydrogens is 378 g/mol. The molecule has 6 rings (SSSR count). The summed E-state index contributed by atoms with van der Waals surface area (Å²) >= 11 is 0. The fourth-order valence-electron chi connectivity index (χ4n) is 5.44. The van der Waals surface area contributed by atoms with Crippen LogP contribution in [0.3, 0.4) is 0 Å². The first-order chi connectivity index (χ1) is 14.7. The van der Waals surface area contributed by atoms with Crippen molar-refractivity contribution in [2.45, 2.75) is 25.9 Å². The predicted molar refractivity (Wildman–Crippen MR) is 111 cm³/mol. The van der Waals surface area contributed by atoms with Gasteiger partial charge >= 0.3 is 0 Å². The lowest BCUT2D eigenvalue weighted by molar-refractivity contribution is 0.0939. The van der Waals surface area contributed by atoms with Crippen molar-refractivity contribution in [2.24, 2.45) is 23.2 Å². The van der Waals surface area contributed by atoms with E-state index in [9.17, 15) is 4.79 Å². The number of benzene rings is 1. The number of carbonyl (C=O) groups excluding carboxylic acids is 1. The number of pyridine rings is 1. The molecule has 6 nitrogen and oxygen atoms in total. The van der Waals surface area contributed by atoms with Crippen molar-refractivity contribution in [3.63, 3.8) is 0 Å². The Hall–Kier alpha value is -3.15. The minimum Gasteiger partial charge on any atom is -0.484 e. The van der Waals surface area contributed by atoms with E-state index in [0.717, 1.165) is 16.8 Å². The molecule has 0 radical (unpaired) electrons. The first-order valence-electron chi connectivity index (χ1n) is 10.6. The van der Waals surface area contributed by atoms with Crippen molar-refractivity contribution in [1.29, 1.82) is 0 Å². The molecule has 3 aliphatic carbocycles. The van der Waals surface area contributed by atoms with Crippen molar-refractivity contribution < 1.29 is 13.9 Å². The van der Waals surface area contributed by atoms with Crippen LogP contribution in [0.5, 0.6) is 5.75 Å². The van der Waals surface area contributed by atoms with Gasteiger partial charge in [-0.05, 0) is 66.7 Å². The summed E-state index contributed by atoms with van der Waals surface area (Å²) in [5, 5.41) is 4.06. The highest BCUT2D eigenvalue weighted by molar-refractivity contribution is 5.91. The van der Waals surface area contributed by atoms with Crippen LogP contribution >= 0.6 is 0 Å². The minimum atomic E-state index is -0.182. The zero-order valence-electron chi connectivity index (χ0n) is 16.6. The van der Waals surface area contributed by atoms with Crippen molar-refractivity contribution in [3.8, 4) is 5.75 Å². The highest BCUT2D eigenvalue weighted by atomic mass is 16.5. The molecule has 6 heteroatoms. The Labute approximate surface area is 174 Å². The van der Waals surface area contributed by atoms with E-state index < -0.39 is 0 Å². The molecule has 0 aliphatic heterocycles. The molecule has 0 unspecified atom stereocenters. The van der Waals surface area contributed by atoms with Crippen LogP contribution in [0, 0.1) is 23.2 Å². The fraction of sp³-hybridized carbons (Fsp3) is 0.375. The Kier molecular flexibility index (Phi) is 3.94. The van der Waals surface area contributed by atoms with Gasteiger partial charge in [-0.1, -0.05) is 18.2 Å². The Morgan fingerprint density at radius 3 is 3.07 bits per heavy atom. The van der Waals surface area contributed by atoms with Gasteiger partial charge in [-0.15, -0.1) is 0 Å². The topological polar surface area (TPSA) is 77.2 Å². The maximum Gasteiger partial charge on any atom is 0.273 e. The number of nitrogens with one attached hydrogen (secondary N) is 1. The second-order valence-corrected chi connectivity index (χ2v) is 8.73. The summed E-state index contributed by atoms with van der Waals surface area (Å²) in [6, 6.07) is 9.58. The number of oxazole rings is 1. The Morgan fingerprint density at radius 1 is 1.27 bits per heavy atom. The van der Waals surface area contributed by atoms with Gasteiger partial charge in [-0.3, -0.25) is 9.78 Å². The monoisotopic (exact) mass is 401 g/mol. The van der Waals surface area contributed by atoms with Gasteiger partial charge in [0.25, 0.3) is 5.91 Å². The molecule has 2 aromatic heterocycles. The smallest absolute Gasteiger partial charge is 0.273 e. The molecule has 3 aromatic rings. The lowest BCUT2D eigenvalue weighted by Crippen LogP contribution is -2.31. The number of aromatic nitrogens is 2. The maximum atomic E-state index is 12.5. The molecule has 1 amide bonds. The SMILES string of the molecule is O=C(NC[C@@H]1C[C@@H]2C=C[C@@H]1C21CC1)c1coc(COc2ccc3ncccc3c2)n1. The number of hydrogen-bond donors (Lipinski definition) is 1. The van der Waals surface area contributed by atoms with Gasteiger partial charge in [0.15, 0.2) is 12.3 Å². The molecule has 1 spiro atoms. The van der Waals surface area contributed by atoms with Crippen LogP contribution in [0.25, 0.3) is 10.9 Å². The molecule has 1 N–H and O–H groups in total. The Morgan fingerprint density at radius 2 is 2.20 bits per heavy atom. The van der Waals surface area contributed by atoms with Crippen LogP contribution in [0.1, 0.15) is 35.6 Å².